The van der Waals surface area contributed by atoms with E-state index in [9.17, 15) is 18.0 Å². The molecule has 2 atom stereocenters. The second-order valence-corrected chi connectivity index (χ2v) is 8.19. The lowest BCUT2D eigenvalue weighted by Crippen LogP contribution is -2.17. The minimum Gasteiger partial charge on any atom is -0.492 e. The van der Waals surface area contributed by atoms with E-state index in [4.69, 9.17) is 14.5 Å². The zero-order chi connectivity index (χ0) is 25.7. The van der Waals surface area contributed by atoms with Crippen LogP contribution in [0.3, 0.4) is 0 Å². The molecule has 0 amide bonds. The van der Waals surface area contributed by atoms with Gasteiger partial charge in [-0.1, -0.05) is 12.1 Å². The Kier molecular flexibility index (Phi) is 7.61. The summed E-state index contributed by atoms with van der Waals surface area (Å²) in [7, 11) is 0. The van der Waals surface area contributed by atoms with Crippen LogP contribution in [-0.2, 0) is 16.1 Å². The third kappa shape index (κ3) is 6.44. The van der Waals surface area contributed by atoms with Gasteiger partial charge in [0.2, 0.25) is 0 Å². The van der Waals surface area contributed by atoms with Crippen molar-refractivity contribution < 1.29 is 32.2 Å². The first kappa shape index (κ1) is 25.3. The lowest BCUT2D eigenvalue weighted by atomic mass is 10.1. The number of carbonyl (C=O) groups is 1. The van der Waals surface area contributed by atoms with Crippen molar-refractivity contribution in [1.29, 1.82) is 0 Å². The zero-order valence-corrected chi connectivity index (χ0v) is 19.8. The highest BCUT2D eigenvalue weighted by molar-refractivity contribution is 5.77. The summed E-state index contributed by atoms with van der Waals surface area (Å²) >= 11 is 0. The normalized spacial score (nSPS) is 16.8. The van der Waals surface area contributed by atoms with Crippen molar-refractivity contribution in [3.8, 4) is 22.8 Å². The molecule has 0 radical (unpaired) electrons. The van der Waals surface area contributed by atoms with Gasteiger partial charge in [0.05, 0.1) is 30.5 Å². The fourth-order valence-corrected chi connectivity index (χ4v) is 3.87. The fourth-order valence-electron chi connectivity index (χ4n) is 3.87. The van der Waals surface area contributed by atoms with Crippen molar-refractivity contribution >= 4 is 11.8 Å². The van der Waals surface area contributed by atoms with Gasteiger partial charge in [0.25, 0.3) is 0 Å². The molecule has 0 saturated heterocycles. The quantitative estimate of drug-likeness (QED) is 0.356. The van der Waals surface area contributed by atoms with Gasteiger partial charge in [-0.05, 0) is 62.2 Å². The zero-order valence-electron chi connectivity index (χ0n) is 19.8. The van der Waals surface area contributed by atoms with Crippen LogP contribution >= 0.6 is 0 Å². The van der Waals surface area contributed by atoms with Gasteiger partial charge in [0.1, 0.15) is 17.3 Å². The predicted octanol–water partition coefficient (Wildman–Crippen LogP) is 5.72. The number of anilines is 1. The van der Waals surface area contributed by atoms with E-state index in [1.165, 1.54) is 18.2 Å². The molecule has 1 N–H and O–H groups in total. The number of rotatable bonds is 10. The molecular weight excluding hydrogens is 475 g/mol. The first-order chi connectivity index (χ1) is 17.3. The SMILES string of the molecule is CCOC(=O)[C@H]1C[C@@H]1c1nc(-c2ccc(NCc3cccc(OC(F)(F)F)c3)nc2)ccc1OCC. The number of benzene rings is 1. The molecule has 3 aromatic rings. The summed E-state index contributed by atoms with van der Waals surface area (Å²) in [4.78, 5) is 21.3. The molecule has 7 nitrogen and oxygen atoms in total. The van der Waals surface area contributed by atoms with Gasteiger partial charge < -0.3 is 19.5 Å². The van der Waals surface area contributed by atoms with Crippen LogP contribution in [0.15, 0.2) is 54.7 Å². The minimum absolute atomic E-state index is 0.0449. The highest BCUT2D eigenvalue weighted by Gasteiger charge is 2.47. The molecule has 1 fully saturated rings. The van der Waals surface area contributed by atoms with Crippen LogP contribution in [0.2, 0.25) is 0 Å². The number of hydrogen-bond donors (Lipinski definition) is 1. The molecule has 10 heteroatoms. The van der Waals surface area contributed by atoms with E-state index in [0.717, 1.165) is 11.3 Å². The maximum atomic E-state index is 12.4. The monoisotopic (exact) mass is 501 g/mol. The second kappa shape index (κ2) is 10.8. The molecule has 190 valence electrons. The topological polar surface area (TPSA) is 82.6 Å². The Hall–Kier alpha value is -3.82. The van der Waals surface area contributed by atoms with Gasteiger partial charge in [-0.3, -0.25) is 4.79 Å². The van der Waals surface area contributed by atoms with Crippen LogP contribution in [0.4, 0.5) is 19.0 Å². The second-order valence-electron chi connectivity index (χ2n) is 8.19. The summed E-state index contributed by atoms with van der Waals surface area (Å²) < 4.78 is 52.2. The summed E-state index contributed by atoms with van der Waals surface area (Å²) in [6.45, 7) is 4.77. The summed E-state index contributed by atoms with van der Waals surface area (Å²) in [6.07, 6.45) is -2.41. The molecule has 2 heterocycles. The van der Waals surface area contributed by atoms with E-state index in [1.807, 2.05) is 25.1 Å². The predicted molar refractivity (Wildman–Crippen MR) is 127 cm³/mol. The van der Waals surface area contributed by atoms with Crippen LogP contribution < -0.4 is 14.8 Å². The molecular formula is C26H26F3N3O4. The van der Waals surface area contributed by atoms with Crippen LogP contribution in [0.1, 0.15) is 37.4 Å². The molecule has 0 spiro atoms. The third-order valence-electron chi connectivity index (χ3n) is 5.58. The molecule has 0 aliphatic heterocycles. The van der Waals surface area contributed by atoms with Gasteiger partial charge in [-0.15, -0.1) is 13.2 Å². The Morgan fingerprint density at radius 1 is 1.11 bits per heavy atom. The van der Waals surface area contributed by atoms with Crippen LogP contribution in [0, 0.1) is 5.92 Å². The summed E-state index contributed by atoms with van der Waals surface area (Å²) in [6, 6.07) is 13.1. The molecule has 0 unspecified atom stereocenters. The highest BCUT2D eigenvalue weighted by atomic mass is 19.4. The van der Waals surface area contributed by atoms with E-state index in [1.54, 1.807) is 25.3 Å². The van der Waals surface area contributed by atoms with Gasteiger partial charge in [0, 0.05) is 24.2 Å². The van der Waals surface area contributed by atoms with E-state index in [-0.39, 0.29) is 30.1 Å². The van der Waals surface area contributed by atoms with E-state index >= 15 is 0 Å². The fraction of sp³-hybridized carbons (Fsp3) is 0.346. The minimum atomic E-state index is -4.74. The molecule has 1 aliphatic carbocycles. The number of nitrogens with zero attached hydrogens (tertiary/aromatic N) is 2. The Morgan fingerprint density at radius 3 is 2.64 bits per heavy atom. The number of pyridine rings is 2. The number of aromatic nitrogens is 2. The average molecular weight is 502 g/mol. The molecule has 1 aromatic carbocycles. The first-order valence-electron chi connectivity index (χ1n) is 11.6. The van der Waals surface area contributed by atoms with E-state index in [2.05, 4.69) is 15.0 Å². The number of alkyl halides is 3. The third-order valence-corrected chi connectivity index (χ3v) is 5.58. The van der Waals surface area contributed by atoms with Crippen molar-refractivity contribution in [3.05, 3.63) is 66.0 Å². The Morgan fingerprint density at radius 2 is 1.94 bits per heavy atom. The lowest BCUT2D eigenvalue weighted by Gasteiger charge is -2.12. The summed E-state index contributed by atoms with van der Waals surface area (Å²) in [5, 5.41) is 3.09. The van der Waals surface area contributed by atoms with Crippen molar-refractivity contribution in [2.45, 2.75) is 39.1 Å². The van der Waals surface area contributed by atoms with Gasteiger partial charge >= 0.3 is 12.3 Å². The smallest absolute Gasteiger partial charge is 0.492 e. The Labute approximate surface area is 206 Å². The number of esters is 1. The molecule has 4 rings (SSSR count). The van der Waals surface area contributed by atoms with Crippen LogP contribution in [-0.4, -0.2) is 35.5 Å². The van der Waals surface area contributed by atoms with Crippen molar-refractivity contribution in [3.63, 3.8) is 0 Å². The maximum absolute atomic E-state index is 12.4. The number of ether oxygens (including phenoxy) is 3. The lowest BCUT2D eigenvalue weighted by molar-refractivity contribution is -0.274. The molecule has 0 bridgehead atoms. The molecule has 36 heavy (non-hydrogen) atoms. The number of halogens is 3. The van der Waals surface area contributed by atoms with Gasteiger partial charge in [-0.25, -0.2) is 9.97 Å². The molecule has 2 aromatic heterocycles. The Bertz CT molecular complexity index is 1200. The van der Waals surface area contributed by atoms with Crippen LogP contribution in [0.25, 0.3) is 11.3 Å². The van der Waals surface area contributed by atoms with Crippen molar-refractivity contribution in [2.24, 2.45) is 5.92 Å². The van der Waals surface area contributed by atoms with E-state index in [0.29, 0.717) is 42.5 Å². The van der Waals surface area contributed by atoms with Gasteiger partial charge in [0.15, 0.2) is 0 Å². The van der Waals surface area contributed by atoms with Gasteiger partial charge in [-0.2, -0.15) is 0 Å². The number of carbonyl (C=O) groups excluding carboxylic acids is 1. The van der Waals surface area contributed by atoms with E-state index < -0.39 is 6.36 Å². The average Bonchev–Trinajstić information content (AvgIpc) is 3.64. The number of hydrogen-bond acceptors (Lipinski definition) is 7. The van der Waals surface area contributed by atoms with Crippen LogP contribution in [0.5, 0.6) is 11.5 Å². The Balaban J connectivity index is 1.44. The molecule has 1 aliphatic rings. The maximum Gasteiger partial charge on any atom is 0.573 e. The largest absolute Gasteiger partial charge is 0.573 e. The first-order valence-corrected chi connectivity index (χ1v) is 11.6. The summed E-state index contributed by atoms with van der Waals surface area (Å²) in [5.41, 5.74) is 2.81. The van der Waals surface area contributed by atoms with Crippen molar-refractivity contribution in [1.82, 2.24) is 9.97 Å². The number of nitrogens with one attached hydrogen (secondary N) is 1. The summed E-state index contributed by atoms with van der Waals surface area (Å²) in [5.74, 6) is 0.457. The van der Waals surface area contributed by atoms with Crippen molar-refractivity contribution in [2.75, 3.05) is 18.5 Å². The standard InChI is InChI=1S/C26H26F3N3O4/c1-3-34-22-10-9-21(32-24(22)19-13-20(19)25(33)35-4-2)17-8-11-23(31-15-17)30-14-16-6-5-7-18(12-16)36-26(27,28)29/h5-12,15,19-20H,3-4,13-14H2,1-2H3,(H,30,31)/t19-,20-/m0/s1. The highest BCUT2D eigenvalue weighted by Crippen LogP contribution is 2.50. The molecule has 1 saturated carbocycles.